The van der Waals surface area contributed by atoms with E-state index in [1.165, 1.54) is 0 Å². The quantitative estimate of drug-likeness (QED) is 0.754. The standard InChI is InChI=1S/C22H26ClN3O3/c1-17-5-4-6-18(15-17)29-14-9-22(28)26-12-10-25(11-13-26)16-21(27)24-20-8-3-2-7-19(20)23/h2-8,15H,9-14,16H2,1H3,(H,24,27). The second kappa shape index (κ2) is 10.3. The van der Waals surface area contributed by atoms with Crippen LogP contribution in [-0.2, 0) is 9.59 Å². The van der Waals surface area contributed by atoms with Crippen LogP contribution in [0.5, 0.6) is 5.75 Å². The maximum absolute atomic E-state index is 12.4. The van der Waals surface area contributed by atoms with Gasteiger partial charge in [-0.25, -0.2) is 0 Å². The molecular formula is C22H26ClN3O3. The minimum Gasteiger partial charge on any atom is -0.493 e. The molecule has 154 valence electrons. The maximum Gasteiger partial charge on any atom is 0.238 e. The summed E-state index contributed by atoms with van der Waals surface area (Å²) in [6.45, 7) is 5.21. The Morgan fingerprint density at radius 1 is 1.07 bits per heavy atom. The summed E-state index contributed by atoms with van der Waals surface area (Å²) in [5, 5.41) is 3.35. The second-order valence-corrected chi connectivity index (χ2v) is 7.51. The third kappa shape index (κ3) is 6.48. The molecule has 29 heavy (non-hydrogen) atoms. The number of amides is 2. The maximum atomic E-state index is 12.4. The van der Waals surface area contributed by atoms with Crippen LogP contribution in [0, 0.1) is 6.92 Å². The van der Waals surface area contributed by atoms with Gasteiger partial charge in [0.1, 0.15) is 5.75 Å². The summed E-state index contributed by atoms with van der Waals surface area (Å²) < 4.78 is 5.67. The van der Waals surface area contributed by atoms with E-state index in [2.05, 4.69) is 5.32 Å². The van der Waals surface area contributed by atoms with E-state index in [0.29, 0.717) is 49.9 Å². The van der Waals surface area contributed by atoms with Crippen LogP contribution >= 0.6 is 11.6 Å². The molecule has 1 heterocycles. The Balaban J connectivity index is 1.36. The predicted octanol–water partition coefficient (Wildman–Crippen LogP) is 3.20. The number of hydrogen-bond donors (Lipinski definition) is 1. The van der Waals surface area contributed by atoms with Gasteiger partial charge in [-0.1, -0.05) is 35.9 Å². The molecule has 0 atom stereocenters. The van der Waals surface area contributed by atoms with Gasteiger partial charge in [-0.05, 0) is 36.8 Å². The van der Waals surface area contributed by atoms with Gasteiger partial charge < -0.3 is 15.0 Å². The van der Waals surface area contributed by atoms with E-state index in [9.17, 15) is 9.59 Å². The van der Waals surface area contributed by atoms with E-state index in [0.717, 1.165) is 11.3 Å². The zero-order valence-corrected chi connectivity index (χ0v) is 17.3. The highest BCUT2D eigenvalue weighted by atomic mass is 35.5. The number of halogens is 1. The van der Waals surface area contributed by atoms with Crippen LogP contribution in [0.25, 0.3) is 0 Å². The number of piperazine rings is 1. The molecule has 2 amide bonds. The average molecular weight is 416 g/mol. The fourth-order valence-corrected chi connectivity index (χ4v) is 3.41. The van der Waals surface area contributed by atoms with Crippen molar-refractivity contribution < 1.29 is 14.3 Å². The van der Waals surface area contributed by atoms with Crippen molar-refractivity contribution >= 4 is 29.1 Å². The number of carbonyl (C=O) groups is 2. The Bertz CT molecular complexity index is 851. The average Bonchev–Trinajstić information content (AvgIpc) is 2.70. The van der Waals surface area contributed by atoms with Gasteiger partial charge in [-0.2, -0.15) is 0 Å². The number of anilines is 1. The summed E-state index contributed by atoms with van der Waals surface area (Å²) in [4.78, 5) is 28.5. The molecule has 1 aliphatic rings. The van der Waals surface area contributed by atoms with Crippen LogP contribution in [0.2, 0.25) is 5.02 Å². The van der Waals surface area contributed by atoms with Crippen molar-refractivity contribution in [2.45, 2.75) is 13.3 Å². The topological polar surface area (TPSA) is 61.9 Å². The first-order valence-corrected chi connectivity index (χ1v) is 10.1. The molecule has 0 spiro atoms. The third-order valence-electron chi connectivity index (χ3n) is 4.81. The summed E-state index contributed by atoms with van der Waals surface area (Å²) >= 11 is 6.07. The number of aryl methyl sites for hydroxylation is 1. The molecule has 0 unspecified atom stereocenters. The van der Waals surface area contributed by atoms with E-state index >= 15 is 0 Å². The molecule has 6 nitrogen and oxygen atoms in total. The number of benzene rings is 2. The molecule has 3 rings (SSSR count). The van der Waals surface area contributed by atoms with Gasteiger partial charge in [0.15, 0.2) is 0 Å². The van der Waals surface area contributed by atoms with Crippen molar-refractivity contribution in [3.05, 3.63) is 59.1 Å². The smallest absolute Gasteiger partial charge is 0.238 e. The number of nitrogens with one attached hydrogen (secondary N) is 1. The largest absolute Gasteiger partial charge is 0.493 e. The Hall–Kier alpha value is -2.57. The zero-order chi connectivity index (χ0) is 20.6. The second-order valence-electron chi connectivity index (χ2n) is 7.10. The van der Waals surface area contributed by atoms with Crippen molar-refractivity contribution in [2.75, 3.05) is 44.6 Å². The fraction of sp³-hybridized carbons (Fsp3) is 0.364. The summed E-state index contributed by atoms with van der Waals surface area (Å²) in [5.41, 5.74) is 1.74. The van der Waals surface area contributed by atoms with Crippen molar-refractivity contribution in [1.29, 1.82) is 0 Å². The van der Waals surface area contributed by atoms with E-state index in [4.69, 9.17) is 16.3 Å². The van der Waals surface area contributed by atoms with Gasteiger partial charge >= 0.3 is 0 Å². The number of carbonyl (C=O) groups excluding carboxylic acids is 2. The predicted molar refractivity (Wildman–Crippen MR) is 114 cm³/mol. The summed E-state index contributed by atoms with van der Waals surface area (Å²) in [6, 6.07) is 15.0. The molecule has 2 aromatic carbocycles. The number of para-hydroxylation sites is 1. The Kier molecular flexibility index (Phi) is 7.49. The SMILES string of the molecule is Cc1cccc(OCCC(=O)N2CCN(CC(=O)Nc3ccccc3Cl)CC2)c1. The highest BCUT2D eigenvalue weighted by Gasteiger charge is 2.22. The van der Waals surface area contributed by atoms with Crippen molar-refractivity contribution in [3.8, 4) is 5.75 Å². The molecule has 0 radical (unpaired) electrons. The molecule has 0 aliphatic carbocycles. The Labute approximate surface area is 176 Å². The first-order valence-electron chi connectivity index (χ1n) is 9.75. The Morgan fingerprint density at radius 2 is 1.83 bits per heavy atom. The van der Waals surface area contributed by atoms with Gasteiger partial charge in [0, 0.05) is 26.2 Å². The lowest BCUT2D eigenvalue weighted by atomic mass is 10.2. The van der Waals surface area contributed by atoms with Crippen LogP contribution < -0.4 is 10.1 Å². The summed E-state index contributed by atoms with van der Waals surface area (Å²) in [6.07, 6.45) is 0.348. The van der Waals surface area contributed by atoms with Crippen molar-refractivity contribution in [1.82, 2.24) is 9.80 Å². The number of hydrogen-bond acceptors (Lipinski definition) is 4. The monoisotopic (exact) mass is 415 g/mol. The molecule has 0 aromatic heterocycles. The third-order valence-corrected chi connectivity index (χ3v) is 5.14. The molecule has 1 fully saturated rings. The van der Waals surface area contributed by atoms with Gasteiger partial charge in [0.2, 0.25) is 11.8 Å². The normalized spacial score (nSPS) is 14.5. The zero-order valence-electron chi connectivity index (χ0n) is 16.6. The minimum absolute atomic E-state index is 0.0813. The number of ether oxygens (including phenoxy) is 1. The van der Waals surface area contributed by atoms with Crippen LogP contribution in [0.3, 0.4) is 0 Å². The van der Waals surface area contributed by atoms with Crippen molar-refractivity contribution in [3.63, 3.8) is 0 Å². The van der Waals surface area contributed by atoms with Crippen LogP contribution in [0.1, 0.15) is 12.0 Å². The first-order chi connectivity index (χ1) is 14.0. The molecular weight excluding hydrogens is 390 g/mol. The van der Waals surface area contributed by atoms with E-state index in [1.807, 2.05) is 53.1 Å². The Morgan fingerprint density at radius 3 is 2.55 bits per heavy atom. The summed E-state index contributed by atoms with van der Waals surface area (Å²) in [7, 11) is 0. The lowest BCUT2D eigenvalue weighted by Gasteiger charge is -2.34. The molecule has 0 saturated carbocycles. The summed E-state index contributed by atoms with van der Waals surface area (Å²) in [5.74, 6) is 0.759. The number of rotatable bonds is 7. The highest BCUT2D eigenvalue weighted by Crippen LogP contribution is 2.20. The van der Waals surface area contributed by atoms with Crippen LogP contribution in [-0.4, -0.2) is 60.9 Å². The van der Waals surface area contributed by atoms with Gasteiger partial charge in [0.05, 0.1) is 30.3 Å². The first kappa shape index (κ1) is 21.1. The molecule has 2 aromatic rings. The van der Waals surface area contributed by atoms with Crippen LogP contribution in [0.4, 0.5) is 5.69 Å². The van der Waals surface area contributed by atoms with E-state index in [-0.39, 0.29) is 18.4 Å². The lowest BCUT2D eigenvalue weighted by molar-refractivity contribution is -0.133. The van der Waals surface area contributed by atoms with Crippen LogP contribution in [0.15, 0.2) is 48.5 Å². The molecule has 1 saturated heterocycles. The molecule has 1 aliphatic heterocycles. The molecule has 7 heteroatoms. The van der Waals surface area contributed by atoms with Gasteiger partial charge in [-0.15, -0.1) is 0 Å². The van der Waals surface area contributed by atoms with Gasteiger partial charge in [0.25, 0.3) is 0 Å². The fourth-order valence-electron chi connectivity index (χ4n) is 3.23. The number of nitrogens with zero attached hydrogens (tertiary/aromatic N) is 2. The molecule has 1 N–H and O–H groups in total. The van der Waals surface area contributed by atoms with Gasteiger partial charge in [-0.3, -0.25) is 14.5 Å². The van der Waals surface area contributed by atoms with E-state index in [1.54, 1.807) is 12.1 Å². The highest BCUT2D eigenvalue weighted by molar-refractivity contribution is 6.33. The minimum atomic E-state index is -0.107. The van der Waals surface area contributed by atoms with Crippen molar-refractivity contribution in [2.24, 2.45) is 0 Å². The lowest BCUT2D eigenvalue weighted by Crippen LogP contribution is -2.50. The molecule has 0 bridgehead atoms. The van der Waals surface area contributed by atoms with E-state index < -0.39 is 0 Å².